The molecule has 0 aliphatic heterocycles. The van der Waals surface area contributed by atoms with Crippen LogP contribution >= 0.6 is 0 Å². The van der Waals surface area contributed by atoms with Gasteiger partial charge in [-0.2, -0.15) is 0 Å². The lowest BCUT2D eigenvalue weighted by atomic mass is 9.71. The van der Waals surface area contributed by atoms with Gasteiger partial charge in [0.2, 0.25) is 0 Å². The first-order valence-corrected chi connectivity index (χ1v) is 7.54. The van der Waals surface area contributed by atoms with E-state index in [4.69, 9.17) is 11.5 Å². The van der Waals surface area contributed by atoms with E-state index in [0.29, 0.717) is 12.1 Å². The van der Waals surface area contributed by atoms with Gasteiger partial charge >= 0.3 is 0 Å². The minimum atomic E-state index is 0.457. The summed E-state index contributed by atoms with van der Waals surface area (Å²) >= 11 is 0. The summed E-state index contributed by atoms with van der Waals surface area (Å²) in [5, 5.41) is 0. The average molecular weight is 238 g/mol. The Morgan fingerprint density at radius 1 is 0.706 bits per heavy atom. The van der Waals surface area contributed by atoms with Crippen molar-refractivity contribution in [2.45, 2.75) is 70.9 Å². The summed E-state index contributed by atoms with van der Waals surface area (Å²) in [6, 6.07) is 0.914. The van der Waals surface area contributed by atoms with Gasteiger partial charge in [-0.25, -0.2) is 0 Å². The average Bonchev–Trinajstić information content (AvgIpc) is 2.13. The summed E-state index contributed by atoms with van der Waals surface area (Å²) in [7, 11) is 0. The summed E-state index contributed by atoms with van der Waals surface area (Å²) in [5.41, 5.74) is 12.3. The van der Waals surface area contributed by atoms with Crippen molar-refractivity contribution in [3.05, 3.63) is 0 Å². The molecule has 0 heterocycles. The van der Waals surface area contributed by atoms with Gasteiger partial charge in [0.25, 0.3) is 0 Å². The molecule has 0 amide bonds. The minimum absolute atomic E-state index is 0.457. The van der Waals surface area contributed by atoms with E-state index in [-0.39, 0.29) is 0 Å². The molecule has 17 heavy (non-hydrogen) atoms. The molecule has 0 aromatic carbocycles. The van der Waals surface area contributed by atoms with Crippen LogP contribution in [0.1, 0.15) is 58.8 Å². The molecule has 2 aliphatic rings. The first-order chi connectivity index (χ1) is 8.02. The molecule has 2 aliphatic carbocycles. The number of rotatable bonds is 2. The second-order valence-electron chi connectivity index (χ2n) is 7.11. The van der Waals surface area contributed by atoms with Gasteiger partial charge in [0.1, 0.15) is 0 Å². The fourth-order valence-corrected chi connectivity index (χ4v) is 4.46. The predicted molar refractivity (Wildman–Crippen MR) is 73.6 cm³/mol. The maximum atomic E-state index is 6.15. The molecular formula is C15H30N2. The second kappa shape index (κ2) is 5.71. The van der Waals surface area contributed by atoms with Crippen LogP contribution in [0.4, 0.5) is 0 Å². The molecule has 0 radical (unpaired) electrons. The van der Waals surface area contributed by atoms with Gasteiger partial charge in [0, 0.05) is 12.1 Å². The SMILES string of the molecule is CC1CC(N)CC(CC2CC(C)CC(N)C2)C1. The van der Waals surface area contributed by atoms with Gasteiger partial charge in [-0.15, -0.1) is 0 Å². The van der Waals surface area contributed by atoms with E-state index >= 15 is 0 Å². The zero-order chi connectivity index (χ0) is 12.4. The van der Waals surface area contributed by atoms with Crippen molar-refractivity contribution in [3.63, 3.8) is 0 Å². The normalized spacial score (nSPS) is 48.0. The van der Waals surface area contributed by atoms with Crippen LogP contribution < -0.4 is 11.5 Å². The van der Waals surface area contributed by atoms with Crippen molar-refractivity contribution >= 4 is 0 Å². The molecule has 0 aromatic rings. The van der Waals surface area contributed by atoms with E-state index in [1.807, 2.05) is 0 Å². The molecule has 2 nitrogen and oxygen atoms in total. The Kier molecular flexibility index (Phi) is 4.48. The van der Waals surface area contributed by atoms with E-state index in [0.717, 1.165) is 23.7 Å². The van der Waals surface area contributed by atoms with Crippen molar-refractivity contribution in [2.24, 2.45) is 35.1 Å². The Hall–Kier alpha value is -0.0800. The molecule has 6 unspecified atom stereocenters. The minimum Gasteiger partial charge on any atom is -0.328 e. The van der Waals surface area contributed by atoms with E-state index in [2.05, 4.69) is 13.8 Å². The number of hydrogen-bond acceptors (Lipinski definition) is 2. The Labute approximate surface area is 107 Å². The monoisotopic (exact) mass is 238 g/mol. The summed E-state index contributed by atoms with van der Waals surface area (Å²) in [4.78, 5) is 0. The summed E-state index contributed by atoms with van der Waals surface area (Å²) in [6.45, 7) is 4.72. The van der Waals surface area contributed by atoms with E-state index in [9.17, 15) is 0 Å². The Morgan fingerprint density at radius 2 is 1.12 bits per heavy atom. The summed E-state index contributed by atoms with van der Waals surface area (Å²) in [5.74, 6) is 3.41. The van der Waals surface area contributed by atoms with Crippen molar-refractivity contribution in [1.82, 2.24) is 0 Å². The molecule has 2 fully saturated rings. The van der Waals surface area contributed by atoms with Crippen LogP contribution in [0.15, 0.2) is 0 Å². The van der Waals surface area contributed by atoms with Crippen LogP contribution in [0.3, 0.4) is 0 Å². The Balaban J connectivity index is 1.83. The Bertz CT molecular complexity index is 197. The quantitative estimate of drug-likeness (QED) is 0.777. The highest BCUT2D eigenvalue weighted by Crippen LogP contribution is 2.38. The topological polar surface area (TPSA) is 52.0 Å². The molecule has 100 valence electrons. The molecule has 4 N–H and O–H groups in total. The van der Waals surface area contributed by atoms with Gasteiger partial charge in [-0.05, 0) is 68.6 Å². The fraction of sp³-hybridized carbons (Fsp3) is 1.00. The molecule has 0 saturated heterocycles. The van der Waals surface area contributed by atoms with Crippen LogP contribution in [0, 0.1) is 23.7 Å². The van der Waals surface area contributed by atoms with Gasteiger partial charge in [0.05, 0.1) is 0 Å². The summed E-state index contributed by atoms with van der Waals surface area (Å²) < 4.78 is 0. The maximum absolute atomic E-state index is 6.15. The van der Waals surface area contributed by atoms with Crippen LogP contribution in [0.5, 0.6) is 0 Å². The lowest BCUT2D eigenvalue weighted by Gasteiger charge is -2.37. The highest BCUT2D eigenvalue weighted by Gasteiger charge is 2.30. The predicted octanol–water partition coefficient (Wildman–Crippen LogP) is 2.90. The first kappa shape index (κ1) is 13.4. The third-order valence-electron chi connectivity index (χ3n) is 4.82. The molecule has 6 atom stereocenters. The van der Waals surface area contributed by atoms with Crippen molar-refractivity contribution < 1.29 is 0 Å². The Morgan fingerprint density at radius 3 is 1.47 bits per heavy atom. The van der Waals surface area contributed by atoms with Crippen molar-refractivity contribution in [3.8, 4) is 0 Å². The lowest BCUT2D eigenvalue weighted by Crippen LogP contribution is -2.36. The van der Waals surface area contributed by atoms with Crippen molar-refractivity contribution in [2.75, 3.05) is 0 Å². The zero-order valence-electron chi connectivity index (χ0n) is 11.6. The second-order valence-corrected chi connectivity index (χ2v) is 7.11. The first-order valence-electron chi connectivity index (χ1n) is 7.54. The zero-order valence-corrected chi connectivity index (χ0v) is 11.6. The van der Waals surface area contributed by atoms with E-state index in [1.165, 1.54) is 44.9 Å². The summed E-state index contributed by atoms with van der Waals surface area (Å²) in [6.07, 6.45) is 9.15. The van der Waals surface area contributed by atoms with Gasteiger partial charge in [-0.3, -0.25) is 0 Å². The van der Waals surface area contributed by atoms with Crippen LogP contribution in [-0.4, -0.2) is 12.1 Å². The smallest absolute Gasteiger partial charge is 0.00440 e. The van der Waals surface area contributed by atoms with Crippen LogP contribution in [0.25, 0.3) is 0 Å². The van der Waals surface area contributed by atoms with Gasteiger partial charge in [-0.1, -0.05) is 13.8 Å². The third kappa shape index (κ3) is 3.96. The molecule has 2 saturated carbocycles. The van der Waals surface area contributed by atoms with Crippen molar-refractivity contribution in [1.29, 1.82) is 0 Å². The molecule has 0 bridgehead atoms. The fourth-order valence-electron chi connectivity index (χ4n) is 4.46. The van der Waals surface area contributed by atoms with Crippen LogP contribution in [-0.2, 0) is 0 Å². The van der Waals surface area contributed by atoms with E-state index < -0.39 is 0 Å². The van der Waals surface area contributed by atoms with Gasteiger partial charge in [0.15, 0.2) is 0 Å². The standard InChI is InChI=1S/C15H30N2/c1-10-3-12(8-14(16)5-10)7-13-4-11(2)6-15(17)9-13/h10-15H,3-9,16-17H2,1-2H3. The third-order valence-corrected chi connectivity index (χ3v) is 4.82. The highest BCUT2D eigenvalue weighted by atomic mass is 14.7. The molecule has 2 heteroatoms. The maximum Gasteiger partial charge on any atom is 0.00440 e. The van der Waals surface area contributed by atoms with Crippen LogP contribution in [0.2, 0.25) is 0 Å². The number of nitrogens with two attached hydrogens (primary N) is 2. The highest BCUT2D eigenvalue weighted by molar-refractivity contribution is 4.84. The van der Waals surface area contributed by atoms with E-state index in [1.54, 1.807) is 0 Å². The number of hydrogen-bond donors (Lipinski definition) is 2. The molecule has 0 aromatic heterocycles. The van der Waals surface area contributed by atoms with Gasteiger partial charge < -0.3 is 11.5 Å². The lowest BCUT2D eigenvalue weighted by molar-refractivity contribution is 0.170. The molecular weight excluding hydrogens is 208 g/mol. The largest absolute Gasteiger partial charge is 0.328 e. The molecule has 2 rings (SSSR count). The molecule has 0 spiro atoms.